The first-order chi connectivity index (χ1) is 21.3. The Morgan fingerprint density at radius 3 is 2.67 bits per heavy atom. The third-order valence-corrected chi connectivity index (χ3v) is 10.6. The van der Waals surface area contributed by atoms with Gasteiger partial charge < -0.3 is 34.9 Å². The molecule has 4 aromatic rings. The molecule has 45 heavy (non-hydrogen) atoms. The predicted octanol–water partition coefficient (Wildman–Crippen LogP) is 1.46. The van der Waals surface area contributed by atoms with E-state index < -0.39 is 81.1 Å². The number of nitrogen functional groups attached to an aromatic ring is 2. The minimum atomic E-state index is -4.27. The van der Waals surface area contributed by atoms with E-state index in [-0.39, 0.29) is 40.4 Å². The number of hydrogen-bond donors (Lipinski definition) is 5. The zero-order chi connectivity index (χ0) is 31.8. The molecule has 0 aliphatic carbocycles. The van der Waals surface area contributed by atoms with Gasteiger partial charge >= 0.3 is 13.5 Å². The Labute approximate surface area is 260 Å². The van der Waals surface area contributed by atoms with Gasteiger partial charge in [0.2, 0.25) is 5.95 Å². The number of aromatic nitrogens is 7. The SMILES string of the molecule is Nc1nc2c(ncn2[C@@H]2O[C@@H]3COP(=O)(S)O[C@H]4C[C@H](n5cc(F)c6c(N)ncnc65)O[C@@H]4COP(O)(=S)O[C@@H]2[C@@H]3F)c(=O)[nH]1. The number of nitrogens with zero attached hydrogens (tertiary/aromatic N) is 6. The van der Waals surface area contributed by atoms with E-state index in [0.29, 0.717) is 0 Å². The van der Waals surface area contributed by atoms with Crippen LogP contribution in [-0.4, -0.2) is 82.7 Å². The molecule has 9 atom stereocenters. The van der Waals surface area contributed by atoms with E-state index in [1.54, 1.807) is 0 Å². The molecule has 0 saturated carbocycles. The number of H-pyrrole nitrogens is 1. The lowest BCUT2D eigenvalue weighted by Gasteiger charge is -2.27. The van der Waals surface area contributed by atoms with Crippen molar-refractivity contribution in [2.75, 3.05) is 24.7 Å². The molecular formula is C21H23F2N9O9P2S2. The molecule has 7 heterocycles. The van der Waals surface area contributed by atoms with Gasteiger partial charge in [0, 0.05) is 12.6 Å². The van der Waals surface area contributed by atoms with Crippen molar-refractivity contribution in [3.05, 3.63) is 35.0 Å². The quantitative estimate of drug-likeness (QED) is 0.146. The van der Waals surface area contributed by atoms with Gasteiger partial charge in [-0.15, -0.1) is 0 Å². The molecule has 6 N–H and O–H groups in total. The van der Waals surface area contributed by atoms with E-state index in [4.69, 9.17) is 50.8 Å². The zero-order valence-electron chi connectivity index (χ0n) is 22.5. The van der Waals surface area contributed by atoms with Crippen LogP contribution in [0.3, 0.4) is 0 Å². The topological polar surface area (TPSA) is 239 Å². The van der Waals surface area contributed by atoms with E-state index >= 15 is 4.39 Å². The molecule has 0 radical (unpaired) electrons. The highest BCUT2D eigenvalue weighted by Crippen LogP contribution is 2.58. The summed E-state index contributed by atoms with van der Waals surface area (Å²) in [5.74, 6) is -1.03. The summed E-state index contributed by atoms with van der Waals surface area (Å²) < 4.78 is 80.6. The highest BCUT2D eigenvalue weighted by atomic mass is 32.7. The molecule has 2 unspecified atom stereocenters. The van der Waals surface area contributed by atoms with Crippen LogP contribution in [0, 0.1) is 5.82 Å². The number of hydrogen-bond acceptors (Lipinski definition) is 15. The monoisotopic (exact) mass is 709 g/mol. The Hall–Kier alpha value is -2.62. The Balaban J connectivity index is 1.19. The summed E-state index contributed by atoms with van der Waals surface area (Å²) in [5, 5.41) is -0.0261. The van der Waals surface area contributed by atoms with Crippen molar-refractivity contribution in [2.45, 2.75) is 49.5 Å². The zero-order valence-corrected chi connectivity index (χ0v) is 26.0. The minimum absolute atomic E-state index is 0.0261. The number of fused-ring (bicyclic) bond motifs is 5. The molecule has 3 fully saturated rings. The Bertz CT molecular complexity index is 1970. The van der Waals surface area contributed by atoms with Crippen molar-refractivity contribution in [1.29, 1.82) is 0 Å². The molecule has 4 aromatic heterocycles. The lowest BCUT2D eigenvalue weighted by atomic mass is 10.1. The van der Waals surface area contributed by atoms with E-state index in [1.807, 2.05) is 0 Å². The number of anilines is 2. The molecule has 242 valence electrons. The van der Waals surface area contributed by atoms with Crippen LogP contribution in [0.2, 0.25) is 0 Å². The Morgan fingerprint density at radius 1 is 1.09 bits per heavy atom. The maximum absolute atomic E-state index is 15.8. The molecule has 3 aliphatic rings. The molecule has 3 saturated heterocycles. The van der Waals surface area contributed by atoms with Crippen molar-refractivity contribution in [3.63, 3.8) is 0 Å². The van der Waals surface area contributed by atoms with Crippen LogP contribution < -0.4 is 17.0 Å². The molecule has 0 amide bonds. The summed E-state index contributed by atoms with van der Waals surface area (Å²) in [4.78, 5) is 41.6. The van der Waals surface area contributed by atoms with E-state index in [0.717, 1.165) is 18.9 Å². The van der Waals surface area contributed by atoms with Crippen LogP contribution in [0.15, 0.2) is 23.6 Å². The van der Waals surface area contributed by atoms with E-state index in [9.17, 15) is 18.6 Å². The summed E-state index contributed by atoms with van der Waals surface area (Å²) in [6, 6.07) is 0. The number of nitrogens with two attached hydrogens (primary N) is 2. The molecular weight excluding hydrogens is 686 g/mol. The first kappa shape index (κ1) is 31.0. The van der Waals surface area contributed by atoms with Gasteiger partial charge in [-0.25, -0.2) is 28.3 Å². The van der Waals surface area contributed by atoms with Gasteiger partial charge in [-0.1, -0.05) is 12.2 Å². The van der Waals surface area contributed by atoms with Gasteiger partial charge in [-0.2, -0.15) is 4.98 Å². The van der Waals surface area contributed by atoms with Crippen molar-refractivity contribution in [3.8, 4) is 0 Å². The van der Waals surface area contributed by atoms with Crippen molar-refractivity contribution in [2.24, 2.45) is 0 Å². The number of ether oxygens (including phenoxy) is 2. The lowest BCUT2D eigenvalue weighted by Crippen LogP contribution is -2.32. The standard InChI is InChI=1S/C21H23F2N9O9P2S2/c22-7-2-31(17-12(7)16(24)26-5-27-17)11-1-8-9(38-11)3-36-43(35,45)41-15-13(23)10(4-37-42(34,44)40-8)39-20(15)32-6-28-14-18(32)29-21(25)30-19(14)33/h2,5-6,8-11,13,15,20H,1,3-4H2,(H,34,44)(H,35,45)(H2,24,26,27)(H3,25,29,30,33)/t8-,9+,10+,11+,13+,15+,20+,42?,43?/m0/s1. The minimum Gasteiger partial charge on any atom is -0.383 e. The summed E-state index contributed by atoms with van der Waals surface area (Å²) in [5.41, 5.74) is 10.8. The van der Waals surface area contributed by atoms with Crippen molar-refractivity contribution < 1.29 is 45.8 Å². The summed E-state index contributed by atoms with van der Waals surface area (Å²) in [6.07, 6.45) is -6.28. The number of nitrogens with one attached hydrogen (secondary N) is 1. The molecule has 0 spiro atoms. The van der Waals surface area contributed by atoms with Crippen LogP contribution in [0.1, 0.15) is 18.9 Å². The maximum atomic E-state index is 15.8. The number of imidazole rings is 1. The second kappa shape index (κ2) is 11.3. The normalized spacial score (nSPS) is 36.0. The summed E-state index contributed by atoms with van der Waals surface area (Å²) in [7, 11) is 0. The molecule has 7 rings (SSSR count). The fourth-order valence-electron chi connectivity index (χ4n) is 5.43. The van der Waals surface area contributed by atoms with Crippen LogP contribution in [0.4, 0.5) is 20.5 Å². The van der Waals surface area contributed by atoms with Crippen LogP contribution >= 0.6 is 25.8 Å². The molecule has 3 aliphatic heterocycles. The third-order valence-electron chi connectivity index (χ3n) is 7.40. The number of rotatable bonds is 2. The van der Waals surface area contributed by atoms with Crippen LogP contribution in [0.5, 0.6) is 0 Å². The number of aromatic amines is 1. The van der Waals surface area contributed by atoms with Crippen molar-refractivity contribution in [1.82, 2.24) is 34.1 Å². The molecule has 18 nitrogen and oxygen atoms in total. The molecule has 0 aromatic carbocycles. The number of thiol groups is 1. The fourth-order valence-corrected chi connectivity index (χ4v) is 8.36. The van der Waals surface area contributed by atoms with E-state index in [1.165, 1.54) is 9.13 Å². The smallest absolute Gasteiger partial charge is 0.383 e. The first-order valence-electron chi connectivity index (χ1n) is 13.1. The maximum Gasteiger partial charge on any atom is 0.386 e. The average Bonchev–Trinajstić information content (AvgIpc) is 3.71. The van der Waals surface area contributed by atoms with E-state index in [2.05, 4.69) is 37.2 Å². The lowest BCUT2D eigenvalue weighted by molar-refractivity contribution is -0.0581. The summed E-state index contributed by atoms with van der Waals surface area (Å²) in [6.45, 7) is -9.67. The number of halogens is 2. The predicted molar refractivity (Wildman–Crippen MR) is 157 cm³/mol. The van der Waals surface area contributed by atoms with Crippen LogP contribution in [0.25, 0.3) is 22.2 Å². The molecule has 2 bridgehead atoms. The average molecular weight is 710 g/mol. The van der Waals surface area contributed by atoms with Crippen molar-refractivity contribution >= 4 is 71.5 Å². The second-order valence-corrected chi connectivity index (χ2v) is 15.9. The largest absolute Gasteiger partial charge is 0.386 e. The highest BCUT2D eigenvalue weighted by Gasteiger charge is 2.52. The fraction of sp³-hybridized carbons (Fsp3) is 0.476. The van der Waals surface area contributed by atoms with Gasteiger partial charge in [0.1, 0.15) is 42.8 Å². The Morgan fingerprint density at radius 2 is 1.87 bits per heavy atom. The summed E-state index contributed by atoms with van der Waals surface area (Å²) >= 11 is 9.26. The Kier molecular flexibility index (Phi) is 7.76. The third kappa shape index (κ3) is 5.67. The van der Waals surface area contributed by atoms with Gasteiger partial charge in [0.05, 0.1) is 24.9 Å². The second-order valence-electron chi connectivity index (χ2n) is 10.2. The van der Waals surface area contributed by atoms with Gasteiger partial charge in [-0.3, -0.25) is 27.9 Å². The van der Waals surface area contributed by atoms with Gasteiger partial charge in [-0.05, 0) is 11.8 Å². The highest BCUT2D eigenvalue weighted by molar-refractivity contribution is 8.44. The van der Waals surface area contributed by atoms with Gasteiger partial charge in [0.15, 0.2) is 35.0 Å². The first-order valence-corrected chi connectivity index (χ1v) is 18.3. The van der Waals surface area contributed by atoms with Gasteiger partial charge in [0.25, 0.3) is 5.56 Å². The molecule has 24 heteroatoms. The number of alkyl halides is 1. The van der Waals surface area contributed by atoms with Crippen LogP contribution in [-0.2, 0) is 43.9 Å².